The molecule has 2 aromatic rings. The largest absolute Gasteiger partial charge is 0.401 e. The Hall–Kier alpha value is -2.69. The van der Waals surface area contributed by atoms with Gasteiger partial charge in [-0.1, -0.05) is 24.3 Å². The van der Waals surface area contributed by atoms with Gasteiger partial charge < -0.3 is 16.2 Å². The Labute approximate surface area is 239 Å². The molecule has 3 heterocycles. The second kappa shape index (κ2) is 11.2. The first-order valence-corrected chi connectivity index (χ1v) is 15.0. The number of anilines is 1. The van der Waals surface area contributed by atoms with Gasteiger partial charge in [0.15, 0.2) is 0 Å². The van der Waals surface area contributed by atoms with E-state index in [2.05, 4.69) is 39.5 Å². The zero-order valence-corrected chi connectivity index (χ0v) is 23.4. The Morgan fingerprint density at radius 2 is 1.76 bits per heavy atom. The molecule has 0 bridgehead atoms. The SMILES string of the molecule is Nc1ncc(-c2ccc([C@@]34CC[C@@H]3CN(C3CCN(CC(F)(F)F)CC3)C4)cc2)cc1C(=O)NC1CCC(O)CC1. The summed E-state index contributed by atoms with van der Waals surface area (Å²) in [5, 5.41) is 12.8. The van der Waals surface area contributed by atoms with Crippen molar-refractivity contribution >= 4 is 11.7 Å². The van der Waals surface area contributed by atoms with Crippen molar-refractivity contribution in [2.24, 2.45) is 5.92 Å². The molecule has 1 amide bonds. The average Bonchev–Trinajstić information content (AvgIpc) is 3.20. The van der Waals surface area contributed by atoms with E-state index in [-0.39, 0.29) is 29.3 Å². The van der Waals surface area contributed by atoms with Crippen LogP contribution >= 0.6 is 0 Å². The molecule has 0 radical (unpaired) electrons. The predicted molar refractivity (Wildman–Crippen MR) is 151 cm³/mol. The maximum atomic E-state index is 13.0. The third-order valence-corrected chi connectivity index (χ3v) is 10.1. The number of nitrogen functional groups attached to an aromatic ring is 1. The summed E-state index contributed by atoms with van der Waals surface area (Å²) in [6, 6.07) is 10.8. The molecule has 2 aliphatic carbocycles. The zero-order valence-electron chi connectivity index (χ0n) is 23.4. The number of nitrogens with two attached hydrogens (primary N) is 1. The Morgan fingerprint density at radius 3 is 2.39 bits per heavy atom. The topological polar surface area (TPSA) is 94.7 Å². The summed E-state index contributed by atoms with van der Waals surface area (Å²) in [4.78, 5) is 21.4. The molecule has 2 saturated heterocycles. The number of nitrogens with one attached hydrogen (secondary N) is 1. The highest BCUT2D eigenvalue weighted by Crippen LogP contribution is 2.54. The quantitative estimate of drug-likeness (QED) is 0.477. The van der Waals surface area contributed by atoms with Crippen LogP contribution in [0.3, 0.4) is 0 Å². The molecule has 4 N–H and O–H groups in total. The number of hydrogen-bond acceptors (Lipinski definition) is 6. The maximum absolute atomic E-state index is 13.0. The summed E-state index contributed by atoms with van der Waals surface area (Å²) < 4.78 is 38.4. The van der Waals surface area contributed by atoms with Gasteiger partial charge >= 0.3 is 6.18 Å². The Morgan fingerprint density at radius 1 is 1.05 bits per heavy atom. The van der Waals surface area contributed by atoms with Gasteiger partial charge in [-0.05, 0) is 87.6 Å². The van der Waals surface area contributed by atoms with Crippen molar-refractivity contribution in [1.29, 1.82) is 0 Å². The molecular weight excluding hydrogens is 531 g/mol. The molecule has 4 aliphatic rings. The number of rotatable bonds is 6. The molecule has 1 aromatic heterocycles. The van der Waals surface area contributed by atoms with E-state index >= 15 is 0 Å². The second-order valence-electron chi connectivity index (χ2n) is 12.7. The number of aromatic nitrogens is 1. The number of benzene rings is 1. The number of hydrogen-bond donors (Lipinski definition) is 3. The Bertz CT molecular complexity index is 1240. The van der Waals surface area contributed by atoms with Crippen LogP contribution in [0.2, 0.25) is 0 Å². The van der Waals surface area contributed by atoms with E-state index in [0.717, 1.165) is 56.3 Å². The highest BCUT2D eigenvalue weighted by atomic mass is 19.4. The fourth-order valence-electron chi connectivity index (χ4n) is 7.62. The van der Waals surface area contributed by atoms with Gasteiger partial charge in [0.05, 0.1) is 18.2 Å². The summed E-state index contributed by atoms with van der Waals surface area (Å²) in [5.41, 5.74) is 9.67. The van der Waals surface area contributed by atoms with Crippen molar-refractivity contribution in [3.05, 3.63) is 47.7 Å². The number of alkyl halides is 3. The van der Waals surface area contributed by atoms with Crippen molar-refractivity contribution in [1.82, 2.24) is 20.1 Å². The summed E-state index contributed by atoms with van der Waals surface area (Å²) >= 11 is 0. The standard InChI is InChI=1S/C31H40F3N5O2/c32-31(33,34)19-38-13-10-25(11-14-38)39-17-23-9-12-30(23,18-39)22-3-1-20(2-4-22)21-15-27(28(35)36-16-21)29(41)37-24-5-7-26(40)8-6-24/h1-4,15-16,23-26,40H,5-14,17-19H2,(H2,35,36)(H,37,41)/t23-,24?,26?,30+/m1/s1. The smallest absolute Gasteiger partial charge is 0.393 e. The summed E-state index contributed by atoms with van der Waals surface area (Å²) in [7, 11) is 0. The van der Waals surface area contributed by atoms with E-state index in [1.54, 1.807) is 12.3 Å². The number of aliphatic hydroxyl groups is 1. The molecule has 41 heavy (non-hydrogen) atoms. The first-order valence-electron chi connectivity index (χ1n) is 15.0. The molecule has 2 atom stereocenters. The number of likely N-dealkylation sites (tertiary alicyclic amines) is 2. The van der Waals surface area contributed by atoms with Crippen molar-refractivity contribution in [2.45, 2.75) is 81.1 Å². The molecule has 4 fully saturated rings. The first kappa shape index (κ1) is 28.4. The van der Waals surface area contributed by atoms with Gasteiger partial charge in [0.1, 0.15) is 5.82 Å². The van der Waals surface area contributed by atoms with Gasteiger partial charge in [-0.25, -0.2) is 4.98 Å². The van der Waals surface area contributed by atoms with Gasteiger partial charge in [-0.3, -0.25) is 14.6 Å². The lowest BCUT2D eigenvalue weighted by Gasteiger charge is -2.45. The number of pyridine rings is 1. The second-order valence-corrected chi connectivity index (χ2v) is 12.7. The maximum Gasteiger partial charge on any atom is 0.401 e. The molecule has 0 spiro atoms. The number of nitrogens with zero attached hydrogens (tertiary/aromatic N) is 3. The summed E-state index contributed by atoms with van der Waals surface area (Å²) in [6.45, 7) is 2.19. The lowest BCUT2D eigenvalue weighted by atomic mass is 9.58. The molecular formula is C31H40F3N5O2. The van der Waals surface area contributed by atoms with E-state index < -0.39 is 12.7 Å². The monoisotopic (exact) mass is 571 g/mol. The van der Waals surface area contributed by atoms with Crippen LogP contribution in [-0.2, 0) is 5.41 Å². The van der Waals surface area contributed by atoms with Crippen LogP contribution in [0.15, 0.2) is 36.5 Å². The number of carbonyl (C=O) groups is 1. The van der Waals surface area contributed by atoms with Crippen LogP contribution in [0, 0.1) is 5.92 Å². The zero-order chi connectivity index (χ0) is 28.8. The number of carbonyl (C=O) groups excluding carboxylic acids is 1. The Balaban J connectivity index is 1.11. The van der Waals surface area contributed by atoms with Crippen LogP contribution in [0.25, 0.3) is 11.1 Å². The van der Waals surface area contributed by atoms with Crippen LogP contribution in [0.1, 0.15) is 67.3 Å². The van der Waals surface area contributed by atoms with E-state index in [0.29, 0.717) is 43.5 Å². The first-order chi connectivity index (χ1) is 19.6. The lowest BCUT2D eigenvalue weighted by molar-refractivity contribution is -0.148. The van der Waals surface area contributed by atoms with Crippen LogP contribution < -0.4 is 11.1 Å². The van der Waals surface area contributed by atoms with Crippen molar-refractivity contribution < 1.29 is 23.1 Å². The molecule has 2 saturated carbocycles. The molecule has 2 aliphatic heterocycles. The lowest BCUT2D eigenvalue weighted by Crippen LogP contribution is -2.47. The molecule has 7 nitrogen and oxygen atoms in total. The van der Waals surface area contributed by atoms with E-state index in [4.69, 9.17) is 5.73 Å². The summed E-state index contributed by atoms with van der Waals surface area (Å²) in [5.74, 6) is 0.544. The number of aliphatic hydroxyl groups excluding tert-OH is 1. The van der Waals surface area contributed by atoms with E-state index in [9.17, 15) is 23.1 Å². The minimum atomic E-state index is -4.13. The number of amides is 1. The van der Waals surface area contributed by atoms with Gasteiger partial charge in [0, 0.05) is 42.3 Å². The number of piperidine rings is 1. The van der Waals surface area contributed by atoms with Crippen LogP contribution in [-0.4, -0.2) is 82.9 Å². The van der Waals surface area contributed by atoms with Crippen LogP contribution in [0.5, 0.6) is 0 Å². The van der Waals surface area contributed by atoms with Gasteiger partial charge in [-0.2, -0.15) is 13.2 Å². The molecule has 0 unspecified atom stereocenters. The van der Waals surface area contributed by atoms with Crippen molar-refractivity contribution in [3.63, 3.8) is 0 Å². The Kier molecular flexibility index (Phi) is 7.76. The van der Waals surface area contributed by atoms with E-state index in [1.807, 2.05) is 0 Å². The normalized spacial score (nSPS) is 29.6. The fourth-order valence-corrected chi connectivity index (χ4v) is 7.62. The number of halogens is 3. The fraction of sp³-hybridized carbons (Fsp3) is 0.613. The minimum Gasteiger partial charge on any atom is -0.393 e. The highest BCUT2D eigenvalue weighted by molar-refractivity contribution is 5.99. The van der Waals surface area contributed by atoms with Gasteiger partial charge in [-0.15, -0.1) is 0 Å². The highest BCUT2D eigenvalue weighted by Gasteiger charge is 2.54. The van der Waals surface area contributed by atoms with E-state index in [1.165, 1.54) is 16.9 Å². The molecule has 6 rings (SSSR count). The average molecular weight is 572 g/mol. The molecule has 222 valence electrons. The van der Waals surface area contributed by atoms with Gasteiger partial charge in [0.25, 0.3) is 5.91 Å². The molecule has 1 aromatic carbocycles. The third-order valence-electron chi connectivity index (χ3n) is 10.1. The number of fused-ring (bicyclic) bond motifs is 1. The summed E-state index contributed by atoms with van der Waals surface area (Å²) in [6.07, 6.45) is 4.06. The minimum absolute atomic E-state index is 0.0290. The van der Waals surface area contributed by atoms with Gasteiger partial charge in [0.2, 0.25) is 0 Å². The van der Waals surface area contributed by atoms with Crippen molar-refractivity contribution in [2.75, 3.05) is 38.5 Å². The third kappa shape index (κ3) is 5.96. The molecule has 10 heteroatoms. The predicted octanol–water partition coefficient (Wildman–Crippen LogP) is 4.35. The van der Waals surface area contributed by atoms with Crippen LogP contribution in [0.4, 0.5) is 19.0 Å². The van der Waals surface area contributed by atoms with Crippen molar-refractivity contribution in [3.8, 4) is 11.1 Å².